The van der Waals surface area contributed by atoms with Crippen molar-refractivity contribution in [3.05, 3.63) is 0 Å². The van der Waals surface area contributed by atoms with E-state index in [1.165, 1.54) is 32.2 Å². The highest BCUT2D eigenvalue weighted by Crippen LogP contribution is 2.30. The van der Waals surface area contributed by atoms with Crippen molar-refractivity contribution in [1.82, 2.24) is 4.90 Å². The van der Waals surface area contributed by atoms with Crippen molar-refractivity contribution >= 4 is 5.97 Å². The maximum atomic E-state index is 11.8. The lowest BCUT2D eigenvalue weighted by molar-refractivity contribution is -0.150. The zero-order valence-corrected chi connectivity index (χ0v) is 11.9. The molecule has 1 heterocycles. The summed E-state index contributed by atoms with van der Waals surface area (Å²) in [6, 6.07) is 0.714. The van der Waals surface area contributed by atoms with Crippen LogP contribution in [0.1, 0.15) is 52.4 Å². The number of esters is 1. The molecule has 0 aromatic carbocycles. The first-order valence-electron chi connectivity index (χ1n) is 7.61. The van der Waals surface area contributed by atoms with Crippen molar-refractivity contribution in [3.63, 3.8) is 0 Å². The van der Waals surface area contributed by atoms with Gasteiger partial charge in [-0.3, -0.25) is 9.69 Å². The minimum absolute atomic E-state index is 0.0195. The number of carbonyl (C=O) groups excluding carboxylic acids is 1. The summed E-state index contributed by atoms with van der Waals surface area (Å²) in [6.07, 6.45) is 7.53. The highest BCUT2D eigenvalue weighted by Gasteiger charge is 2.32. The molecule has 2 unspecified atom stereocenters. The van der Waals surface area contributed by atoms with Crippen LogP contribution < -0.4 is 0 Å². The van der Waals surface area contributed by atoms with Crippen molar-refractivity contribution < 1.29 is 9.53 Å². The SMILES string of the molecule is CCOC(=O)[C@@H]1CCCN(C2CCCC(C)C2)C1. The van der Waals surface area contributed by atoms with E-state index in [-0.39, 0.29) is 11.9 Å². The molecular formula is C15H27NO2. The number of likely N-dealkylation sites (tertiary alicyclic amines) is 1. The molecule has 1 aliphatic heterocycles. The number of nitrogens with zero attached hydrogens (tertiary/aromatic N) is 1. The maximum Gasteiger partial charge on any atom is 0.310 e. The number of rotatable bonds is 3. The van der Waals surface area contributed by atoms with Crippen LogP contribution in [0.3, 0.4) is 0 Å². The third-order valence-electron chi connectivity index (χ3n) is 4.50. The Hall–Kier alpha value is -0.570. The zero-order valence-electron chi connectivity index (χ0n) is 11.9. The predicted octanol–water partition coefficient (Wildman–Crippen LogP) is 2.84. The van der Waals surface area contributed by atoms with Gasteiger partial charge in [0.05, 0.1) is 12.5 Å². The third kappa shape index (κ3) is 3.47. The van der Waals surface area contributed by atoms with Gasteiger partial charge in [-0.1, -0.05) is 19.8 Å². The normalized spacial score (nSPS) is 34.2. The van der Waals surface area contributed by atoms with Crippen molar-refractivity contribution in [1.29, 1.82) is 0 Å². The Morgan fingerprint density at radius 2 is 2.11 bits per heavy atom. The summed E-state index contributed by atoms with van der Waals surface area (Å²) in [6.45, 7) is 6.86. The van der Waals surface area contributed by atoms with Gasteiger partial charge in [0, 0.05) is 12.6 Å². The van der Waals surface area contributed by atoms with Crippen molar-refractivity contribution in [2.24, 2.45) is 11.8 Å². The molecule has 1 aliphatic carbocycles. The summed E-state index contributed by atoms with van der Waals surface area (Å²) < 4.78 is 5.17. The molecule has 2 aliphatic rings. The van der Waals surface area contributed by atoms with Crippen LogP contribution in [0.4, 0.5) is 0 Å². The van der Waals surface area contributed by atoms with E-state index >= 15 is 0 Å². The molecule has 0 aromatic heterocycles. The van der Waals surface area contributed by atoms with Crippen LogP contribution in [0.15, 0.2) is 0 Å². The predicted molar refractivity (Wildman–Crippen MR) is 72.4 cm³/mol. The lowest BCUT2D eigenvalue weighted by Gasteiger charge is -2.40. The van der Waals surface area contributed by atoms with Crippen LogP contribution >= 0.6 is 0 Å². The van der Waals surface area contributed by atoms with Crippen LogP contribution in [-0.2, 0) is 9.53 Å². The van der Waals surface area contributed by atoms with Gasteiger partial charge in [0.2, 0.25) is 0 Å². The van der Waals surface area contributed by atoms with E-state index in [1.54, 1.807) is 0 Å². The molecule has 2 rings (SSSR count). The zero-order chi connectivity index (χ0) is 13.0. The maximum absolute atomic E-state index is 11.8. The van der Waals surface area contributed by atoms with Gasteiger partial charge in [-0.05, 0) is 45.1 Å². The average molecular weight is 253 g/mol. The molecule has 104 valence electrons. The molecular weight excluding hydrogens is 226 g/mol. The van der Waals surface area contributed by atoms with Crippen molar-refractivity contribution in [2.75, 3.05) is 19.7 Å². The minimum Gasteiger partial charge on any atom is -0.466 e. The fraction of sp³-hybridized carbons (Fsp3) is 0.933. The second kappa shape index (κ2) is 6.55. The Labute approximate surface area is 111 Å². The third-order valence-corrected chi connectivity index (χ3v) is 4.50. The minimum atomic E-state index is 0.0195. The van der Waals surface area contributed by atoms with E-state index in [9.17, 15) is 4.79 Å². The Bertz CT molecular complexity index is 280. The Kier molecular flexibility index (Phi) is 5.04. The molecule has 3 heteroatoms. The first kappa shape index (κ1) is 13.9. The van der Waals surface area contributed by atoms with Crippen LogP contribution in [0.5, 0.6) is 0 Å². The number of hydrogen-bond acceptors (Lipinski definition) is 3. The van der Waals surface area contributed by atoms with E-state index in [0.717, 1.165) is 25.3 Å². The van der Waals surface area contributed by atoms with E-state index in [1.807, 2.05) is 6.92 Å². The molecule has 0 radical (unpaired) electrons. The highest BCUT2D eigenvalue weighted by molar-refractivity contribution is 5.72. The summed E-state index contributed by atoms with van der Waals surface area (Å²) >= 11 is 0. The van der Waals surface area contributed by atoms with Crippen molar-refractivity contribution in [2.45, 2.75) is 58.4 Å². The molecule has 3 nitrogen and oxygen atoms in total. The second-order valence-corrected chi connectivity index (χ2v) is 6.01. The number of hydrogen-bond donors (Lipinski definition) is 0. The van der Waals surface area contributed by atoms with Gasteiger partial charge in [0.25, 0.3) is 0 Å². The fourth-order valence-electron chi connectivity index (χ4n) is 3.52. The van der Waals surface area contributed by atoms with Crippen LogP contribution in [0.2, 0.25) is 0 Å². The number of ether oxygens (including phenoxy) is 1. The average Bonchev–Trinajstić information content (AvgIpc) is 2.39. The fourth-order valence-corrected chi connectivity index (χ4v) is 3.52. The van der Waals surface area contributed by atoms with Crippen LogP contribution in [0.25, 0.3) is 0 Å². The largest absolute Gasteiger partial charge is 0.466 e. The molecule has 0 N–H and O–H groups in total. The quantitative estimate of drug-likeness (QED) is 0.724. The standard InChI is InChI=1S/C15H27NO2/c1-3-18-15(17)13-7-5-9-16(11-13)14-8-4-6-12(2)10-14/h12-14H,3-11H2,1-2H3/t12?,13-,14?/m1/s1. The van der Waals surface area contributed by atoms with Gasteiger partial charge >= 0.3 is 5.97 Å². The lowest BCUT2D eigenvalue weighted by Crippen LogP contribution is -2.46. The molecule has 2 fully saturated rings. The smallest absolute Gasteiger partial charge is 0.310 e. The van der Waals surface area contributed by atoms with Gasteiger partial charge in [-0.15, -0.1) is 0 Å². The monoisotopic (exact) mass is 253 g/mol. The van der Waals surface area contributed by atoms with E-state index < -0.39 is 0 Å². The van der Waals surface area contributed by atoms with Gasteiger partial charge < -0.3 is 4.74 Å². The van der Waals surface area contributed by atoms with Gasteiger partial charge in [0.15, 0.2) is 0 Å². The van der Waals surface area contributed by atoms with Gasteiger partial charge in [-0.25, -0.2) is 0 Å². The Balaban J connectivity index is 1.87. The van der Waals surface area contributed by atoms with E-state index in [0.29, 0.717) is 12.6 Å². The summed E-state index contributed by atoms with van der Waals surface area (Å²) in [7, 11) is 0. The first-order valence-corrected chi connectivity index (χ1v) is 7.61. The second-order valence-electron chi connectivity index (χ2n) is 6.01. The van der Waals surface area contributed by atoms with Gasteiger partial charge in [-0.2, -0.15) is 0 Å². The lowest BCUT2D eigenvalue weighted by atomic mass is 9.84. The Morgan fingerprint density at radius 3 is 2.83 bits per heavy atom. The summed E-state index contributed by atoms with van der Waals surface area (Å²) in [5, 5.41) is 0. The number of piperidine rings is 1. The Morgan fingerprint density at radius 1 is 1.28 bits per heavy atom. The summed E-state index contributed by atoms with van der Waals surface area (Å²) in [5.41, 5.74) is 0. The summed E-state index contributed by atoms with van der Waals surface area (Å²) in [4.78, 5) is 14.4. The first-order chi connectivity index (χ1) is 8.70. The van der Waals surface area contributed by atoms with Crippen molar-refractivity contribution in [3.8, 4) is 0 Å². The molecule has 3 atom stereocenters. The molecule has 1 saturated carbocycles. The molecule has 0 bridgehead atoms. The molecule has 0 aromatic rings. The summed E-state index contributed by atoms with van der Waals surface area (Å²) in [5.74, 6) is 0.994. The highest BCUT2D eigenvalue weighted by atomic mass is 16.5. The molecule has 0 spiro atoms. The van der Waals surface area contributed by atoms with Gasteiger partial charge in [0.1, 0.15) is 0 Å². The van der Waals surface area contributed by atoms with Crippen LogP contribution in [0, 0.1) is 11.8 Å². The molecule has 0 amide bonds. The topological polar surface area (TPSA) is 29.5 Å². The number of carbonyl (C=O) groups is 1. The van der Waals surface area contributed by atoms with E-state index in [2.05, 4.69) is 11.8 Å². The van der Waals surface area contributed by atoms with Crippen LogP contribution in [-0.4, -0.2) is 36.6 Å². The van der Waals surface area contributed by atoms with E-state index in [4.69, 9.17) is 4.74 Å². The molecule has 1 saturated heterocycles. The molecule has 18 heavy (non-hydrogen) atoms.